The van der Waals surface area contributed by atoms with Crippen LogP contribution in [-0.2, 0) is 4.74 Å². The van der Waals surface area contributed by atoms with Crippen molar-refractivity contribution in [1.29, 1.82) is 0 Å². The van der Waals surface area contributed by atoms with Gasteiger partial charge in [0.25, 0.3) is 5.91 Å². The summed E-state index contributed by atoms with van der Waals surface area (Å²) in [6, 6.07) is 5.15. The largest absolute Gasteiger partial charge is 0.381 e. The summed E-state index contributed by atoms with van der Waals surface area (Å²) in [5.41, 5.74) is 0.607. The lowest BCUT2D eigenvalue weighted by Gasteiger charge is -2.07. The van der Waals surface area contributed by atoms with Crippen LogP contribution in [0.5, 0.6) is 0 Å². The Hall–Kier alpha value is -0.580. The van der Waals surface area contributed by atoms with Crippen LogP contribution in [0.15, 0.2) is 22.7 Å². The highest BCUT2D eigenvalue weighted by molar-refractivity contribution is 9.10. The van der Waals surface area contributed by atoms with E-state index >= 15 is 0 Å². The van der Waals surface area contributed by atoms with Gasteiger partial charge >= 0.3 is 0 Å². The molecule has 1 fully saturated rings. The Bertz CT molecular complexity index is 449. The van der Waals surface area contributed by atoms with E-state index in [1.165, 1.54) is 12.8 Å². The summed E-state index contributed by atoms with van der Waals surface area (Å²) in [5.74, 6) is 0.709. The molecule has 0 saturated heterocycles. The molecule has 0 spiro atoms. The molecule has 0 aromatic heterocycles. The third-order valence-corrected chi connectivity index (χ3v) is 4.20. The first-order valence-electron chi connectivity index (χ1n) is 6.48. The van der Waals surface area contributed by atoms with Gasteiger partial charge in [0.1, 0.15) is 0 Å². The van der Waals surface area contributed by atoms with Gasteiger partial charge in [-0.3, -0.25) is 4.79 Å². The van der Waals surface area contributed by atoms with E-state index in [0.29, 0.717) is 23.7 Å². The molecule has 0 atom stereocenters. The molecule has 1 saturated carbocycles. The summed E-state index contributed by atoms with van der Waals surface area (Å²) in [4.78, 5) is 11.8. The van der Waals surface area contributed by atoms with E-state index in [1.54, 1.807) is 18.2 Å². The summed E-state index contributed by atoms with van der Waals surface area (Å²) in [6.45, 7) is 2.21. The lowest BCUT2D eigenvalue weighted by Crippen LogP contribution is -2.25. The fraction of sp³-hybridized carbons (Fsp3) is 0.500. The minimum atomic E-state index is -0.0837. The van der Waals surface area contributed by atoms with Gasteiger partial charge in [0.2, 0.25) is 0 Å². The summed E-state index contributed by atoms with van der Waals surface area (Å²) < 4.78 is 6.23. The van der Waals surface area contributed by atoms with Crippen LogP contribution >= 0.6 is 27.5 Å². The Balaban J connectivity index is 1.63. The molecule has 19 heavy (non-hydrogen) atoms. The quantitative estimate of drug-likeness (QED) is 0.765. The molecular weight excluding hydrogens is 330 g/mol. The average Bonchev–Trinajstić information content (AvgIpc) is 3.20. The van der Waals surface area contributed by atoms with Crippen molar-refractivity contribution in [3.05, 3.63) is 33.3 Å². The molecule has 1 aromatic rings. The van der Waals surface area contributed by atoms with Gasteiger partial charge in [-0.05, 0) is 59.3 Å². The maximum absolute atomic E-state index is 11.8. The van der Waals surface area contributed by atoms with Crippen molar-refractivity contribution in [3.63, 3.8) is 0 Å². The number of hydrogen-bond acceptors (Lipinski definition) is 2. The van der Waals surface area contributed by atoms with E-state index in [-0.39, 0.29) is 5.91 Å². The van der Waals surface area contributed by atoms with Crippen molar-refractivity contribution in [1.82, 2.24) is 5.32 Å². The Morgan fingerprint density at radius 3 is 2.95 bits per heavy atom. The molecule has 1 N–H and O–H groups in total. The first kappa shape index (κ1) is 14.8. The van der Waals surface area contributed by atoms with Crippen LogP contribution in [0, 0.1) is 5.92 Å². The number of halogens is 2. The molecule has 2 rings (SSSR count). The molecule has 3 nitrogen and oxygen atoms in total. The van der Waals surface area contributed by atoms with Gasteiger partial charge in [-0.25, -0.2) is 0 Å². The van der Waals surface area contributed by atoms with Crippen molar-refractivity contribution in [2.24, 2.45) is 5.92 Å². The first-order chi connectivity index (χ1) is 9.16. The van der Waals surface area contributed by atoms with Gasteiger partial charge in [0.05, 0.1) is 5.02 Å². The summed E-state index contributed by atoms with van der Waals surface area (Å²) >= 11 is 9.19. The van der Waals surface area contributed by atoms with Crippen molar-refractivity contribution in [2.75, 3.05) is 19.8 Å². The van der Waals surface area contributed by atoms with Crippen LogP contribution in [0.25, 0.3) is 0 Å². The predicted molar refractivity (Wildman–Crippen MR) is 79.6 cm³/mol. The van der Waals surface area contributed by atoms with Gasteiger partial charge in [-0.2, -0.15) is 0 Å². The van der Waals surface area contributed by atoms with Crippen molar-refractivity contribution in [2.45, 2.75) is 19.3 Å². The second-order valence-electron chi connectivity index (χ2n) is 4.76. The number of carbonyl (C=O) groups excluding carboxylic acids is 1. The van der Waals surface area contributed by atoms with Gasteiger partial charge in [0, 0.05) is 29.8 Å². The number of rotatable bonds is 7. The standard InChI is InChI=1S/C14H17BrClNO2/c15-12-8-11(4-5-13(12)16)14(18)17-6-1-7-19-9-10-2-3-10/h4-5,8,10H,1-3,6-7,9H2,(H,17,18). The smallest absolute Gasteiger partial charge is 0.251 e. The molecule has 1 aliphatic carbocycles. The van der Waals surface area contributed by atoms with E-state index in [1.807, 2.05) is 0 Å². The average molecular weight is 347 g/mol. The van der Waals surface area contributed by atoms with Gasteiger partial charge < -0.3 is 10.1 Å². The van der Waals surface area contributed by atoms with Gasteiger partial charge in [-0.15, -0.1) is 0 Å². The molecule has 0 radical (unpaired) electrons. The molecule has 0 aliphatic heterocycles. The Morgan fingerprint density at radius 2 is 2.26 bits per heavy atom. The second-order valence-corrected chi connectivity index (χ2v) is 6.02. The van der Waals surface area contributed by atoms with E-state index < -0.39 is 0 Å². The zero-order valence-corrected chi connectivity index (χ0v) is 13.0. The van der Waals surface area contributed by atoms with E-state index in [9.17, 15) is 4.79 Å². The summed E-state index contributed by atoms with van der Waals surface area (Å²) in [5, 5.41) is 3.47. The maximum Gasteiger partial charge on any atom is 0.251 e. The van der Waals surface area contributed by atoms with Crippen LogP contribution in [0.2, 0.25) is 5.02 Å². The molecule has 104 valence electrons. The normalized spacial score (nSPS) is 14.4. The predicted octanol–water partition coefficient (Wildman–Crippen LogP) is 3.65. The van der Waals surface area contributed by atoms with Crippen LogP contribution in [-0.4, -0.2) is 25.7 Å². The number of nitrogens with one attached hydrogen (secondary N) is 1. The zero-order valence-electron chi connectivity index (χ0n) is 10.6. The van der Waals surface area contributed by atoms with E-state index in [0.717, 1.165) is 23.4 Å². The molecule has 0 bridgehead atoms. The number of ether oxygens (including phenoxy) is 1. The molecule has 5 heteroatoms. The van der Waals surface area contributed by atoms with Crippen molar-refractivity contribution < 1.29 is 9.53 Å². The third-order valence-electron chi connectivity index (χ3n) is 2.98. The molecular formula is C14H17BrClNO2. The topological polar surface area (TPSA) is 38.3 Å². The molecule has 0 heterocycles. The molecule has 1 amide bonds. The second kappa shape index (κ2) is 7.27. The van der Waals surface area contributed by atoms with Crippen molar-refractivity contribution >= 4 is 33.4 Å². The Labute approximate surface area is 126 Å². The van der Waals surface area contributed by atoms with Crippen LogP contribution < -0.4 is 5.32 Å². The highest BCUT2D eigenvalue weighted by atomic mass is 79.9. The molecule has 1 aromatic carbocycles. The lowest BCUT2D eigenvalue weighted by atomic mass is 10.2. The van der Waals surface area contributed by atoms with Crippen LogP contribution in [0.4, 0.5) is 0 Å². The number of carbonyl (C=O) groups is 1. The number of amides is 1. The highest BCUT2D eigenvalue weighted by Crippen LogP contribution is 2.28. The monoisotopic (exact) mass is 345 g/mol. The van der Waals surface area contributed by atoms with Crippen LogP contribution in [0.1, 0.15) is 29.6 Å². The molecule has 1 aliphatic rings. The number of hydrogen-bond donors (Lipinski definition) is 1. The van der Waals surface area contributed by atoms with Gasteiger partial charge in [-0.1, -0.05) is 11.6 Å². The maximum atomic E-state index is 11.8. The Kier molecular flexibility index (Phi) is 5.67. The summed E-state index contributed by atoms with van der Waals surface area (Å²) in [6.07, 6.45) is 3.46. The van der Waals surface area contributed by atoms with Crippen molar-refractivity contribution in [3.8, 4) is 0 Å². The van der Waals surface area contributed by atoms with Gasteiger partial charge in [0.15, 0.2) is 0 Å². The molecule has 0 unspecified atom stereocenters. The first-order valence-corrected chi connectivity index (χ1v) is 7.65. The van der Waals surface area contributed by atoms with Crippen LogP contribution in [0.3, 0.4) is 0 Å². The Morgan fingerprint density at radius 1 is 1.47 bits per heavy atom. The summed E-state index contributed by atoms with van der Waals surface area (Å²) in [7, 11) is 0. The number of benzene rings is 1. The van der Waals surface area contributed by atoms with E-state index in [2.05, 4.69) is 21.2 Å². The SMILES string of the molecule is O=C(NCCCOCC1CC1)c1ccc(Cl)c(Br)c1. The zero-order chi connectivity index (χ0) is 13.7. The lowest BCUT2D eigenvalue weighted by molar-refractivity contribution is 0.0937. The third kappa shape index (κ3) is 5.13. The fourth-order valence-electron chi connectivity index (χ4n) is 1.65. The van der Waals surface area contributed by atoms with E-state index in [4.69, 9.17) is 16.3 Å². The minimum absolute atomic E-state index is 0.0837. The fourth-order valence-corrected chi connectivity index (χ4v) is 2.15. The highest BCUT2D eigenvalue weighted by Gasteiger charge is 2.20. The minimum Gasteiger partial charge on any atom is -0.381 e.